The van der Waals surface area contributed by atoms with E-state index in [2.05, 4.69) is 63.4 Å². The van der Waals surface area contributed by atoms with Crippen LogP contribution in [0.15, 0.2) is 42.5 Å². The molecule has 0 aromatic heterocycles. The predicted molar refractivity (Wildman–Crippen MR) is 126 cm³/mol. The molecule has 162 valence electrons. The molecule has 0 saturated carbocycles. The lowest BCUT2D eigenvalue weighted by molar-refractivity contribution is 0.0482. The van der Waals surface area contributed by atoms with Crippen molar-refractivity contribution in [1.82, 2.24) is 0 Å². The fraction of sp³-hybridized carbons (Fsp3) is 0.407. The molecule has 0 fully saturated rings. The zero-order valence-corrected chi connectivity index (χ0v) is 19.0. The summed E-state index contributed by atoms with van der Waals surface area (Å²) in [7, 11) is 1.60. The Bertz CT molecular complexity index is 1130. The maximum atomic E-state index is 10.5. The predicted octanol–water partition coefficient (Wildman–Crippen LogP) is 6.86. The minimum atomic E-state index is -0.109. The highest BCUT2D eigenvalue weighted by atomic mass is 16.5. The van der Waals surface area contributed by atoms with Crippen LogP contribution in [0, 0.1) is 5.41 Å². The molecule has 2 heterocycles. The zero-order valence-electron chi connectivity index (χ0n) is 19.0. The molecule has 2 N–H and O–H groups in total. The van der Waals surface area contributed by atoms with E-state index in [1.54, 1.807) is 13.2 Å². The molecule has 2 aromatic rings. The molecule has 2 aliphatic heterocycles. The minimum absolute atomic E-state index is 0.0192. The SMILES string of the molecule is COc1c(O)ccc2c1-c1ccc3c(c1C(C1(C)CC=CCC1)O2)C(C)=CC(C)(C)N3. The average molecular weight is 418 g/mol. The zero-order chi connectivity index (χ0) is 22.0. The molecular weight excluding hydrogens is 386 g/mol. The van der Waals surface area contributed by atoms with Gasteiger partial charge >= 0.3 is 0 Å². The molecule has 0 spiro atoms. The summed E-state index contributed by atoms with van der Waals surface area (Å²) in [5.74, 6) is 1.37. The summed E-state index contributed by atoms with van der Waals surface area (Å²) in [4.78, 5) is 0. The number of hydrogen-bond donors (Lipinski definition) is 2. The van der Waals surface area contributed by atoms with Crippen molar-refractivity contribution in [3.8, 4) is 28.4 Å². The van der Waals surface area contributed by atoms with E-state index in [0.717, 1.165) is 41.8 Å². The molecule has 4 nitrogen and oxygen atoms in total. The molecule has 1 aliphatic carbocycles. The topological polar surface area (TPSA) is 50.7 Å². The number of allylic oxidation sites excluding steroid dienone is 3. The number of hydrogen-bond acceptors (Lipinski definition) is 4. The molecular formula is C27H31NO3. The van der Waals surface area contributed by atoms with Gasteiger partial charge in [0.05, 0.1) is 18.2 Å². The molecule has 0 radical (unpaired) electrons. The van der Waals surface area contributed by atoms with Crippen LogP contribution < -0.4 is 14.8 Å². The molecule has 2 atom stereocenters. The second-order valence-corrected chi connectivity index (χ2v) is 9.98. The van der Waals surface area contributed by atoms with Crippen LogP contribution in [0.25, 0.3) is 16.7 Å². The van der Waals surface area contributed by atoms with Crippen molar-refractivity contribution in [2.45, 2.75) is 58.6 Å². The summed E-state index contributed by atoms with van der Waals surface area (Å²) in [5.41, 5.74) is 6.59. The van der Waals surface area contributed by atoms with Crippen LogP contribution in [-0.4, -0.2) is 17.8 Å². The second-order valence-electron chi connectivity index (χ2n) is 9.98. The van der Waals surface area contributed by atoms with E-state index in [0.29, 0.717) is 5.75 Å². The fourth-order valence-corrected chi connectivity index (χ4v) is 5.65. The normalized spacial score (nSPS) is 25.3. The van der Waals surface area contributed by atoms with E-state index in [4.69, 9.17) is 9.47 Å². The molecule has 4 heteroatoms. The van der Waals surface area contributed by atoms with Gasteiger partial charge in [-0.1, -0.05) is 31.2 Å². The Kier molecular flexibility index (Phi) is 4.40. The van der Waals surface area contributed by atoms with Crippen molar-refractivity contribution < 1.29 is 14.6 Å². The van der Waals surface area contributed by atoms with Gasteiger partial charge in [0.25, 0.3) is 0 Å². The fourth-order valence-electron chi connectivity index (χ4n) is 5.65. The van der Waals surface area contributed by atoms with Gasteiger partial charge in [0.2, 0.25) is 0 Å². The maximum absolute atomic E-state index is 10.5. The summed E-state index contributed by atoms with van der Waals surface area (Å²) in [6.45, 7) is 8.91. The highest BCUT2D eigenvalue weighted by Crippen LogP contribution is 2.59. The standard InChI is InChI=1S/C27H31NO3/c1-16-15-26(2,3)28-18-10-9-17-22-20(12-11-19(29)24(22)30-5)31-25(23(17)21(16)18)27(4)13-7-6-8-14-27/h6-7,9-12,15,25,28-29H,8,13-14H2,1-5H3. The van der Waals surface area contributed by atoms with Gasteiger partial charge in [-0.05, 0) is 69.4 Å². The van der Waals surface area contributed by atoms with Crippen LogP contribution in [0.1, 0.15) is 64.2 Å². The Morgan fingerprint density at radius 2 is 1.90 bits per heavy atom. The van der Waals surface area contributed by atoms with Crippen LogP contribution in [0.5, 0.6) is 17.2 Å². The Labute approximate surface area is 184 Å². The smallest absolute Gasteiger partial charge is 0.172 e. The van der Waals surface area contributed by atoms with Gasteiger partial charge in [0, 0.05) is 22.2 Å². The number of methoxy groups -OCH3 is 1. The molecule has 0 amide bonds. The van der Waals surface area contributed by atoms with Crippen molar-refractivity contribution in [2.24, 2.45) is 5.41 Å². The first-order chi connectivity index (χ1) is 14.7. The molecule has 0 saturated heterocycles. The van der Waals surface area contributed by atoms with E-state index in [1.165, 1.54) is 16.7 Å². The lowest BCUT2D eigenvalue weighted by atomic mass is 9.68. The molecule has 3 aliphatic rings. The van der Waals surface area contributed by atoms with E-state index in [1.807, 2.05) is 6.07 Å². The third kappa shape index (κ3) is 3.03. The van der Waals surface area contributed by atoms with E-state index < -0.39 is 0 Å². The average Bonchev–Trinajstić information content (AvgIpc) is 2.72. The largest absolute Gasteiger partial charge is 0.504 e. The highest BCUT2D eigenvalue weighted by molar-refractivity contribution is 5.92. The number of aromatic hydroxyl groups is 1. The third-order valence-electron chi connectivity index (χ3n) is 7.02. The van der Waals surface area contributed by atoms with Gasteiger partial charge in [-0.25, -0.2) is 0 Å². The minimum Gasteiger partial charge on any atom is -0.504 e. The lowest BCUT2D eigenvalue weighted by Gasteiger charge is -2.44. The number of nitrogens with one attached hydrogen (secondary N) is 1. The van der Waals surface area contributed by atoms with Crippen LogP contribution in [0.4, 0.5) is 5.69 Å². The van der Waals surface area contributed by atoms with Crippen molar-refractivity contribution in [1.29, 1.82) is 0 Å². The van der Waals surface area contributed by atoms with Crippen LogP contribution >= 0.6 is 0 Å². The third-order valence-corrected chi connectivity index (χ3v) is 7.02. The van der Waals surface area contributed by atoms with E-state index in [9.17, 15) is 5.11 Å². The molecule has 31 heavy (non-hydrogen) atoms. The summed E-state index contributed by atoms with van der Waals surface area (Å²) >= 11 is 0. The number of benzene rings is 2. The van der Waals surface area contributed by atoms with Crippen molar-refractivity contribution in [3.05, 3.63) is 53.6 Å². The van der Waals surface area contributed by atoms with Crippen LogP contribution in [0.3, 0.4) is 0 Å². The van der Waals surface area contributed by atoms with Crippen LogP contribution in [-0.2, 0) is 0 Å². The Hall–Kier alpha value is -2.88. The first-order valence-corrected chi connectivity index (χ1v) is 11.1. The van der Waals surface area contributed by atoms with Gasteiger partial charge in [-0.15, -0.1) is 0 Å². The van der Waals surface area contributed by atoms with Gasteiger partial charge in [0.15, 0.2) is 11.5 Å². The number of phenolic OH excluding ortho intramolecular Hbond substituents is 1. The van der Waals surface area contributed by atoms with Gasteiger partial charge in [0.1, 0.15) is 11.9 Å². The number of phenols is 1. The number of anilines is 1. The van der Waals surface area contributed by atoms with Gasteiger partial charge < -0.3 is 19.9 Å². The maximum Gasteiger partial charge on any atom is 0.172 e. The Balaban J connectivity index is 1.82. The van der Waals surface area contributed by atoms with E-state index in [-0.39, 0.29) is 22.8 Å². The molecule has 2 unspecified atom stereocenters. The molecule has 5 rings (SSSR count). The first-order valence-electron chi connectivity index (χ1n) is 11.1. The van der Waals surface area contributed by atoms with E-state index >= 15 is 0 Å². The summed E-state index contributed by atoms with van der Waals surface area (Å²) in [6, 6.07) is 7.85. The summed E-state index contributed by atoms with van der Waals surface area (Å²) in [5, 5.41) is 14.2. The lowest BCUT2D eigenvalue weighted by Crippen LogP contribution is -2.36. The van der Waals surface area contributed by atoms with Crippen LogP contribution in [0.2, 0.25) is 0 Å². The van der Waals surface area contributed by atoms with Gasteiger partial charge in [-0.3, -0.25) is 0 Å². The molecule has 0 bridgehead atoms. The quantitative estimate of drug-likeness (QED) is 0.524. The summed E-state index contributed by atoms with van der Waals surface area (Å²) in [6.07, 6.45) is 9.89. The second kappa shape index (κ2) is 6.81. The summed E-state index contributed by atoms with van der Waals surface area (Å²) < 4.78 is 12.4. The molecule has 2 aromatic carbocycles. The van der Waals surface area contributed by atoms with Gasteiger partial charge in [-0.2, -0.15) is 0 Å². The Morgan fingerprint density at radius 1 is 1.10 bits per heavy atom. The van der Waals surface area contributed by atoms with Crippen molar-refractivity contribution in [2.75, 3.05) is 12.4 Å². The Morgan fingerprint density at radius 3 is 2.61 bits per heavy atom. The van der Waals surface area contributed by atoms with Crippen molar-refractivity contribution >= 4 is 11.3 Å². The number of fused-ring (bicyclic) bond motifs is 5. The van der Waals surface area contributed by atoms with Crippen molar-refractivity contribution in [3.63, 3.8) is 0 Å². The first kappa shape index (κ1) is 20.0. The number of ether oxygens (including phenoxy) is 2. The monoisotopic (exact) mass is 417 g/mol. The number of rotatable bonds is 2. The highest BCUT2D eigenvalue weighted by Gasteiger charge is 2.44.